The Hall–Kier alpha value is -1.12. The molecule has 2 unspecified atom stereocenters. The molecule has 114 valence electrons. The molecule has 1 aromatic carbocycles. The molecule has 1 aromatic rings. The summed E-state index contributed by atoms with van der Waals surface area (Å²) in [5, 5.41) is 3.79. The van der Waals surface area contributed by atoms with Gasteiger partial charge in [0, 0.05) is 13.1 Å². The van der Waals surface area contributed by atoms with Gasteiger partial charge in [-0.1, -0.05) is 42.5 Å². The first-order valence-corrected chi connectivity index (χ1v) is 8.44. The summed E-state index contributed by atoms with van der Waals surface area (Å²) in [6.07, 6.45) is 9.88. The van der Waals surface area contributed by atoms with Gasteiger partial charge in [-0.2, -0.15) is 0 Å². The molecule has 2 nitrogen and oxygen atoms in total. The summed E-state index contributed by atoms with van der Waals surface area (Å²) in [6, 6.07) is 10.9. The van der Waals surface area contributed by atoms with Gasteiger partial charge in [0.15, 0.2) is 0 Å². The van der Waals surface area contributed by atoms with Crippen molar-refractivity contribution >= 4 is 0 Å². The molecule has 1 heterocycles. The molecule has 2 atom stereocenters. The molecular weight excluding hydrogens is 256 g/mol. The molecule has 1 N–H and O–H groups in total. The van der Waals surface area contributed by atoms with Crippen LogP contribution in [-0.2, 0) is 5.54 Å². The second-order valence-electron chi connectivity index (χ2n) is 6.86. The number of rotatable bonds is 3. The number of allylic oxidation sites excluding steroid dienone is 2. The van der Waals surface area contributed by atoms with Crippen molar-refractivity contribution in [2.75, 3.05) is 26.2 Å². The fraction of sp³-hybridized carbons (Fsp3) is 0.579. The smallest absolute Gasteiger partial charge is 0.0534 e. The molecule has 1 fully saturated rings. The molecule has 3 rings (SSSR count). The molecule has 0 saturated carbocycles. The van der Waals surface area contributed by atoms with E-state index in [9.17, 15) is 0 Å². The summed E-state index contributed by atoms with van der Waals surface area (Å²) in [5.74, 6) is 0.855. The van der Waals surface area contributed by atoms with Gasteiger partial charge in [0.05, 0.1) is 5.54 Å². The molecule has 2 aliphatic rings. The Kier molecular flexibility index (Phi) is 4.77. The van der Waals surface area contributed by atoms with Gasteiger partial charge in [-0.15, -0.1) is 0 Å². The fourth-order valence-corrected chi connectivity index (χ4v) is 3.79. The molecule has 1 saturated heterocycles. The summed E-state index contributed by atoms with van der Waals surface area (Å²) in [7, 11) is 0. The van der Waals surface area contributed by atoms with Gasteiger partial charge in [-0.3, -0.25) is 0 Å². The highest BCUT2D eigenvalue weighted by Gasteiger charge is 2.31. The minimum absolute atomic E-state index is 0.0856. The first-order chi connectivity index (χ1) is 10.3. The monoisotopic (exact) mass is 284 g/mol. The van der Waals surface area contributed by atoms with Gasteiger partial charge in [0.1, 0.15) is 0 Å². The van der Waals surface area contributed by atoms with E-state index in [0.29, 0.717) is 0 Å². The topological polar surface area (TPSA) is 15.3 Å². The highest BCUT2D eigenvalue weighted by atomic mass is 15.2. The lowest BCUT2D eigenvalue weighted by Crippen LogP contribution is -2.47. The van der Waals surface area contributed by atoms with E-state index < -0.39 is 0 Å². The maximum Gasteiger partial charge on any atom is 0.0534 e. The van der Waals surface area contributed by atoms with Gasteiger partial charge >= 0.3 is 0 Å². The van der Waals surface area contributed by atoms with E-state index in [1.807, 2.05) is 0 Å². The SMILES string of the molecule is CC1(c2ccccc2)CN(CC2CC=CCC2)CCCN1. The van der Waals surface area contributed by atoms with E-state index in [1.165, 1.54) is 44.3 Å². The van der Waals surface area contributed by atoms with Crippen LogP contribution in [0.2, 0.25) is 0 Å². The van der Waals surface area contributed by atoms with Crippen LogP contribution < -0.4 is 5.32 Å². The standard InChI is InChI=1S/C19H28N2/c1-19(18-11-6-3-7-12-18)16-21(14-8-13-20-19)15-17-9-4-2-5-10-17/h2-4,6-7,11-12,17,20H,5,8-10,13-16H2,1H3. The second-order valence-corrected chi connectivity index (χ2v) is 6.86. The van der Waals surface area contributed by atoms with E-state index in [2.05, 4.69) is 59.6 Å². The highest BCUT2D eigenvalue weighted by molar-refractivity contribution is 5.24. The van der Waals surface area contributed by atoms with Crippen molar-refractivity contribution in [1.82, 2.24) is 10.2 Å². The van der Waals surface area contributed by atoms with Crippen LogP contribution in [0.15, 0.2) is 42.5 Å². The largest absolute Gasteiger partial charge is 0.307 e. The average molecular weight is 284 g/mol. The molecule has 0 bridgehead atoms. The van der Waals surface area contributed by atoms with Crippen molar-refractivity contribution in [3.8, 4) is 0 Å². The highest BCUT2D eigenvalue weighted by Crippen LogP contribution is 2.26. The Bertz CT molecular complexity index is 468. The Labute approximate surface area is 129 Å². The van der Waals surface area contributed by atoms with Crippen LogP contribution in [-0.4, -0.2) is 31.1 Å². The van der Waals surface area contributed by atoms with Crippen LogP contribution in [0.25, 0.3) is 0 Å². The van der Waals surface area contributed by atoms with Crippen LogP contribution in [0, 0.1) is 5.92 Å². The Balaban J connectivity index is 1.69. The zero-order valence-electron chi connectivity index (χ0n) is 13.2. The molecule has 1 aliphatic heterocycles. The van der Waals surface area contributed by atoms with Crippen molar-refractivity contribution in [3.63, 3.8) is 0 Å². The van der Waals surface area contributed by atoms with Gasteiger partial charge < -0.3 is 10.2 Å². The molecule has 0 aromatic heterocycles. The van der Waals surface area contributed by atoms with Gasteiger partial charge in [0.2, 0.25) is 0 Å². The molecule has 1 aliphatic carbocycles. The predicted octanol–water partition coefficient (Wildman–Crippen LogP) is 3.55. The third kappa shape index (κ3) is 3.75. The Morgan fingerprint density at radius 2 is 2.10 bits per heavy atom. The van der Waals surface area contributed by atoms with Crippen LogP contribution in [0.5, 0.6) is 0 Å². The molecule has 21 heavy (non-hydrogen) atoms. The van der Waals surface area contributed by atoms with Crippen LogP contribution in [0.3, 0.4) is 0 Å². The number of nitrogens with one attached hydrogen (secondary N) is 1. The van der Waals surface area contributed by atoms with Crippen LogP contribution in [0.1, 0.15) is 38.2 Å². The van der Waals surface area contributed by atoms with Gasteiger partial charge in [-0.05, 0) is 57.2 Å². The van der Waals surface area contributed by atoms with Crippen LogP contribution in [0.4, 0.5) is 0 Å². The summed E-state index contributed by atoms with van der Waals surface area (Å²) >= 11 is 0. The zero-order valence-corrected chi connectivity index (χ0v) is 13.2. The van der Waals surface area contributed by atoms with E-state index in [1.54, 1.807) is 0 Å². The fourth-order valence-electron chi connectivity index (χ4n) is 3.79. The molecule has 0 radical (unpaired) electrons. The molecule has 2 heteroatoms. The number of hydrogen-bond donors (Lipinski definition) is 1. The lowest BCUT2D eigenvalue weighted by Gasteiger charge is -2.36. The number of nitrogens with zero attached hydrogens (tertiary/aromatic N) is 1. The van der Waals surface area contributed by atoms with Crippen molar-refractivity contribution in [3.05, 3.63) is 48.0 Å². The third-order valence-corrected chi connectivity index (χ3v) is 5.01. The quantitative estimate of drug-likeness (QED) is 0.854. The molecular formula is C19H28N2. The summed E-state index contributed by atoms with van der Waals surface area (Å²) in [5.41, 5.74) is 1.50. The van der Waals surface area contributed by atoms with E-state index >= 15 is 0 Å². The minimum Gasteiger partial charge on any atom is -0.307 e. The molecule has 0 spiro atoms. The lowest BCUT2D eigenvalue weighted by molar-refractivity contribution is 0.186. The molecule has 0 amide bonds. The van der Waals surface area contributed by atoms with Crippen molar-refractivity contribution in [1.29, 1.82) is 0 Å². The Morgan fingerprint density at radius 3 is 2.86 bits per heavy atom. The second kappa shape index (κ2) is 6.76. The predicted molar refractivity (Wildman–Crippen MR) is 89.3 cm³/mol. The first kappa shape index (κ1) is 14.8. The summed E-state index contributed by atoms with van der Waals surface area (Å²) in [6.45, 7) is 7.09. The first-order valence-electron chi connectivity index (χ1n) is 8.44. The van der Waals surface area contributed by atoms with E-state index in [0.717, 1.165) is 19.0 Å². The third-order valence-electron chi connectivity index (χ3n) is 5.01. The normalized spacial score (nSPS) is 31.0. The summed E-state index contributed by atoms with van der Waals surface area (Å²) in [4.78, 5) is 2.69. The van der Waals surface area contributed by atoms with E-state index in [-0.39, 0.29) is 5.54 Å². The zero-order chi connectivity index (χ0) is 14.5. The maximum absolute atomic E-state index is 3.79. The van der Waals surface area contributed by atoms with Crippen molar-refractivity contribution in [2.45, 2.75) is 38.1 Å². The lowest BCUT2D eigenvalue weighted by atomic mass is 9.90. The van der Waals surface area contributed by atoms with Crippen molar-refractivity contribution in [2.24, 2.45) is 5.92 Å². The van der Waals surface area contributed by atoms with Crippen LogP contribution >= 0.6 is 0 Å². The van der Waals surface area contributed by atoms with E-state index in [4.69, 9.17) is 0 Å². The number of benzene rings is 1. The minimum atomic E-state index is 0.0856. The Morgan fingerprint density at radius 1 is 1.24 bits per heavy atom. The van der Waals surface area contributed by atoms with Crippen molar-refractivity contribution < 1.29 is 0 Å². The maximum atomic E-state index is 3.79. The summed E-state index contributed by atoms with van der Waals surface area (Å²) < 4.78 is 0. The van der Waals surface area contributed by atoms with Gasteiger partial charge in [-0.25, -0.2) is 0 Å². The average Bonchev–Trinajstić information content (AvgIpc) is 2.72. The number of hydrogen-bond acceptors (Lipinski definition) is 2. The van der Waals surface area contributed by atoms with Gasteiger partial charge in [0.25, 0.3) is 0 Å².